The van der Waals surface area contributed by atoms with Gasteiger partial charge in [0.2, 0.25) is 23.5 Å². The molecule has 0 saturated carbocycles. The summed E-state index contributed by atoms with van der Waals surface area (Å²) < 4.78 is 29.7. The fourth-order valence-corrected chi connectivity index (χ4v) is 9.93. The van der Waals surface area contributed by atoms with Gasteiger partial charge in [-0.15, -0.1) is 0 Å². The second-order valence-electron chi connectivity index (χ2n) is 17.9. The minimum absolute atomic E-state index is 0.0584. The van der Waals surface area contributed by atoms with E-state index in [2.05, 4.69) is 16.0 Å². The number of phenolic OH excluding ortho intramolecular Hbond substituents is 2. The van der Waals surface area contributed by atoms with Crippen LogP contribution in [0.1, 0.15) is 89.1 Å². The SMILES string of the molecule is COc1cccc2c1C(=O)c1c(O)c3c(c(O)c1C2=O)C[C@@](O)(C(=O)N(C)CCNC(=O)[C@H](C)NC(=O)[C@H](C)NC(=O)CCN1C(=O)C=CC1=O)C[C@@H]3O[C@H]1C[C@H]2[C@H](O[C@@H]3[C@@H](O)OCCN32)[C@H](C)O1. The van der Waals surface area contributed by atoms with Gasteiger partial charge in [-0.25, -0.2) is 0 Å². The molecule has 10 atom stereocenters. The molecule has 2 aliphatic carbocycles. The van der Waals surface area contributed by atoms with Crippen molar-refractivity contribution in [3.05, 3.63) is 63.7 Å². The average molecular weight is 963 g/mol. The maximum atomic E-state index is 14.4. The van der Waals surface area contributed by atoms with Crippen molar-refractivity contribution in [2.75, 3.05) is 46.9 Å². The smallest absolute Gasteiger partial charge is 0.254 e. The number of ketones is 2. The number of nitrogens with zero attached hydrogens (tertiary/aromatic N) is 3. The van der Waals surface area contributed by atoms with Crippen LogP contribution >= 0.6 is 0 Å². The number of benzene rings is 2. The Morgan fingerprint density at radius 1 is 0.957 bits per heavy atom. The lowest BCUT2D eigenvalue weighted by Crippen LogP contribution is -2.56. The molecule has 2 aromatic carbocycles. The normalized spacial score (nSPS) is 27.9. The fourth-order valence-electron chi connectivity index (χ4n) is 9.93. The molecule has 6 aliphatic rings. The number of methoxy groups -OCH3 is 1. The van der Waals surface area contributed by atoms with Gasteiger partial charge in [0.1, 0.15) is 41.0 Å². The lowest BCUT2D eigenvalue weighted by Gasteiger charge is -2.44. The predicted molar refractivity (Wildman–Crippen MR) is 233 cm³/mol. The second-order valence-corrected chi connectivity index (χ2v) is 17.9. The highest BCUT2D eigenvalue weighted by atomic mass is 16.7. The van der Waals surface area contributed by atoms with Crippen LogP contribution in [0.2, 0.25) is 0 Å². The molecule has 2 aromatic rings. The van der Waals surface area contributed by atoms with E-state index in [1.165, 1.54) is 46.2 Å². The Hall–Kier alpha value is -6.34. The molecular formula is C46H54N6O17. The van der Waals surface area contributed by atoms with Crippen molar-refractivity contribution >= 4 is 47.0 Å². The summed E-state index contributed by atoms with van der Waals surface area (Å²) in [5, 5.41) is 54.5. The van der Waals surface area contributed by atoms with Crippen LogP contribution in [0.15, 0.2) is 30.4 Å². The van der Waals surface area contributed by atoms with Gasteiger partial charge in [0, 0.05) is 93.8 Å². The third-order valence-electron chi connectivity index (χ3n) is 13.4. The largest absolute Gasteiger partial charge is 0.507 e. The third kappa shape index (κ3) is 9.06. The first kappa shape index (κ1) is 49.1. The van der Waals surface area contributed by atoms with Crippen LogP contribution in [0.4, 0.5) is 0 Å². The summed E-state index contributed by atoms with van der Waals surface area (Å²) in [4.78, 5) is 108. The number of hydrogen-bond donors (Lipinski definition) is 7. The topological polar surface area (TPSA) is 309 Å². The molecule has 7 N–H and O–H groups in total. The molecule has 4 heterocycles. The lowest BCUT2D eigenvalue weighted by atomic mass is 9.72. The number of aromatic hydroxyl groups is 2. The number of amides is 6. The van der Waals surface area contributed by atoms with Gasteiger partial charge in [0.15, 0.2) is 24.6 Å². The molecule has 0 bridgehead atoms. The number of nitrogens with one attached hydrogen (secondary N) is 3. The van der Waals surface area contributed by atoms with E-state index in [1.807, 2.05) is 4.90 Å². The van der Waals surface area contributed by atoms with Crippen molar-refractivity contribution < 1.29 is 82.5 Å². The summed E-state index contributed by atoms with van der Waals surface area (Å²) in [5.41, 5.74) is -4.01. The first-order valence-electron chi connectivity index (χ1n) is 22.5. The van der Waals surface area contributed by atoms with Crippen molar-refractivity contribution in [1.82, 2.24) is 30.7 Å². The Labute approximate surface area is 394 Å². The number of carbonyl (C=O) groups excluding carboxylic acids is 8. The van der Waals surface area contributed by atoms with Crippen LogP contribution in [0, 0.1) is 0 Å². The van der Waals surface area contributed by atoms with Crippen LogP contribution in [-0.2, 0) is 54.1 Å². The zero-order valence-electron chi connectivity index (χ0n) is 38.4. The molecule has 3 saturated heterocycles. The summed E-state index contributed by atoms with van der Waals surface area (Å²) in [6.45, 7) is 4.66. The molecule has 0 radical (unpaired) electrons. The number of phenols is 2. The zero-order valence-corrected chi connectivity index (χ0v) is 38.4. The quantitative estimate of drug-likeness (QED) is 0.0707. The summed E-state index contributed by atoms with van der Waals surface area (Å²) in [5.74, 6) is -6.98. The summed E-state index contributed by atoms with van der Waals surface area (Å²) in [6.07, 6.45) is -4.70. The Balaban J connectivity index is 0.970. The van der Waals surface area contributed by atoms with Crippen molar-refractivity contribution in [2.24, 2.45) is 0 Å². The number of hydrogen-bond acceptors (Lipinski definition) is 18. The van der Waals surface area contributed by atoms with Crippen molar-refractivity contribution in [3.8, 4) is 17.2 Å². The molecule has 6 amide bonds. The van der Waals surface area contributed by atoms with E-state index in [0.29, 0.717) is 6.54 Å². The van der Waals surface area contributed by atoms with Crippen LogP contribution in [0.25, 0.3) is 0 Å². The highest BCUT2D eigenvalue weighted by Crippen LogP contribution is 2.53. The number of carbonyl (C=O) groups is 8. The Bertz CT molecular complexity index is 2520. The predicted octanol–water partition coefficient (Wildman–Crippen LogP) is -1.61. The van der Waals surface area contributed by atoms with Crippen molar-refractivity contribution in [1.29, 1.82) is 0 Å². The number of aliphatic hydroxyl groups excluding tert-OH is 1. The maximum absolute atomic E-state index is 14.4. The van der Waals surface area contributed by atoms with E-state index in [-0.39, 0.29) is 73.1 Å². The molecule has 0 aromatic heterocycles. The minimum atomic E-state index is -2.38. The Morgan fingerprint density at radius 3 is 2.36 bits per heavy atom. The van der Waals surface area contributed by atoms with Crippen molar-refractivity contribution in [2.45, 2.75) is 107 Å². The van der Waals surface area contributed by atoms with Crippen LogP contribution in [-0.4, -0.2) is 184 Å². The average Bonchev–Trinajstić information content (AvgIpc) is 3.86. The van der Waals surface area contributed by atoms with Crippen LogP contribution in [0.5, 0.6) is 17.2 Å². The number of likely N-dealkylation sites (N-methyl/N-ethyl adjacent to an activating group) is 1. The first-order valence-corrected chi connectivity index (χ1v) is 22.5. The monoisotopic (exact) mass is 962 g/mol. The molecule has 4 aliphatic heterocycles. The minimum Gasteiger partial charge on any atom is -0.507 e. The van der Waals surface area contributed by atoms with E-state index in [0.717, 1.165) is 22.0 Å². The first-order chi connectivity index (χ1) is 32.7. The van der Waals surface area contributed by atoms with Gasteiger partial charge in [-0.1, -0.05) is 12.1 Å². The molecule has 8 rings (SSSR count). The van der Waals surface area contributed by atoms with Gasteiger partial charge >= 0.3 is 0 Å². The number of ether oxygens (including phenoxy) is 5. The molecule has 3 fully saturated rings. The van der Waals surface area contributed by atoms with Gasteiger partial charge in [-0.05, 0) is 26.8 Å². The van der Waals surface area contributed by atoms with Crippen molar-refractivity contribution in [3.63, 3.8) is 0 Å². The Morgan fingerprint density at radius 2 is 1.65 bits per heavy atom. The van der Waals surface area contributed by atoms with Gasteiger partial charge in [0.05, 0.1) is 42.6 Å². The van der Waals surface area contributed by atoms with Gasteiger partial charge in [-0.3, -0.25) is 48.2 Å². The number of rotatable bonds is 14. The number of morpholine rings is 1. The van der Waals surface area contributed by atoms with E-state index in [9.17, 15) is 58.8 Å². The van der Waals surface area contributed by atoms with E-state index in [1.54, 1.807) is 6.92 Å². The molecule has 23 nitrogen and oxygen atoms in total. The van der Waals surface area contributed by atoms with Crippen LogP contribution < -0.4 is 20.7 Å². The standard InChI is InChI=1S/C46H54N6O17/c1-20(49-42(61)21(2)48-28(53)11-13-52-29(54)9-10-30(52)55)41(60)47-12-14-50(4)45(63)46(64)18-24-33(39(59)35-34(37(24)57)36(56)23-7-6-8-26(65-5)32(23)38(35)58)27(19-46)68-31-17-25-40(22(3)67-31)69-43-44(62)66-16-15-51(25)43/h6-10,20-22,25,27,31,40,43-44,57,59,62,64H,11-19H2,1-5H3,(H,47,60)(H,48,53)(H,49,61)/t20-,21-,22-,25-,27-,31-,40+,43+,44-,46-/m0/s1. The number of fused-ring (bicyclic) bond motifs is 6. The molecule has 0 spiro atoms. The molecule has 23 heteroatoms. The highest BCUT2D eigenvalue weighted by molar-refractivity contribution is 6.31. The van der Waals surface area contributed by atoms with Gasteiger partial charge < -0.3 is 65.0 Å². The number of aliphatic hydroxyl groups is 2. The molecule has 370 valence electrons. The molecule has 69 heavy (non-hydrogen) atoms. The summed E-state index contributed by atoms with van der Waals surface area (Å²) >= 11 is 0. The van der Waals surface area contributed by atoms with Crippen LogP contribution in [0.3, 0.4) is 0 Å². The number of imide groups is 1. The molecular weight excluding hydrogens is 909 g/mol. The maximum Gasteiger partial charge on any atom is 0.254 e. The summed E-state index contributed by atoms with van der Waals surface area (Å²) in [6, 6.07) is 1.80. The summed E-state index contributed by atoms with van der Waals surface area (Å²) in [7, 11) is 2.67. The fraction of sp³-hybridized carbons (Fsp3) is 0.522. The van der Waals surface area contributed by atoms with E-state index >= 15 is 0 Å². The lowest BCUT2D eigenvalue weighted by molar-refractivity contribution is -0.252. The highest BCUT2D eigenvalue weighted by Gasteiger charge is 2.55. The Kier molecular flexibility index (Phi) is 13.7. The third-order valence-corrected chi connectivity index (χ3v) is 13.4. The van der Waals surface area contributed by atoms with Gasteiger partial charge in [-0.2, -0.15) is 0 Å². The zero-order chi connectivity index (χ0) is 49.8. The molecule has 0 unspecified atom stereocenters. The van der Waals surface area contributed by atoms with E-state index < -0.39 is 137 Å². The second kappa shape index (κ2) is 19.2. The van der Waals surface area contributed by atoms with Gasteiger partial charge in [0.25, 0.3) is 17.7 Å². The van der Waals surface area contributed by atoms with E-state index in [4.69, 9.17) is 23.7 Å².